The van der Waals surface area contributed by atoms with Gasteiger partial charge in [0.1, 0.15) is 11.5 Å². The van der Waals surface area contributed by atoms with Crippen LogP contribution in [0.2, 0.25) is 0 Å². The molecular weight excluding hydrogens is 178 g/mol. The second kappa shape index (κ2) is 4.15. The van der Waals surface area contributed by atoms with Crippen molar-refractivity contribution in [2.45, 2.75) is 44.9 Å². The van der Waals surface area contributed by atoms with E-state index in [4.69, 9.17) is 4.42 Å². The molecule has 0 aliphatic heterocycles. The van der Waals surface area contributed by atoms with Crippen LogP contribution in [0.15, 0.2) is 16.5 Å². The van der Waals surface area contributed by atoms with Crippen LogP contribution < -0.4 is 5.32 Å². The van der Waals surface area contributed by atoms with E-state index in [1.54, 1.807) is 0 Å². The van der Waals surface area contributed by atoms with Gasteiger partial charge in [-0.2, -0.15) is 0 Å². The summed E-state index contributed by atoms with van der Waals surface area (Å²) >= 11 is 0. The summed E-state index contributed by atoms with van der Waals surface area (Å²) in [6.45, 7) is 2.66. The summed E-state index contributed by atoms with van der Waals surface area (Å²) in [7, 11) is 0. The zero-order valence-electron chi connectivity index (χ0n) is 8.49. The number of aliphatic hydroxyl groups excluding tert-OH is 1. The third-order valence-electron chi connectivity index (χ3n) is 2.81. The first kappa shape index (κ1) is 9.74. The van der Waals surface area contributed by atoms with Crippen LogP contribution in [0, 0.1) is 6.92 Å². The molecule has 3 heteroatoms. The predicted octanol–water partition coefficient (Wildman–Crippen LogP) is 1.59. The molecular formula is C11H17NO2. The average Bonchev–Trinajstić information content (AvgIpc) is 2.72. The smallest absolute Gasteiger partial charge is 0.117 e. The summed E-state index contributed by atoms with van der Waals surface area (Å²) in [5.74, 6) is 1.88. The molecule has 0 unspecified atom stereocenters. The molecule has 3 nitrogen and oxygen atoms in total. The molecule has 2 rings (SSSR count). The summed E-state index contributed by atoms with van der Waals surface area (Å²) in [6, 6.07) is 4.19. The molecule has 1 aromatic rings. The van der Waals surface area contributed by atoms with Crippen molar-refractivity contribution >= 4 is 0 Å². The Bertz CT molecular complexity index is 295. The van der Waals surface area contributed by atoms with Crippen LogP contribution in [-0.2, 0) is 6.54 Å². The third-order valence-corrected chi connectivity index (χ3v) is 2.81. The van der Waals surface area contributed by atoms with E-state index in [1.807, 2.05) is 19.1 Å². The highest BCUT2D eigenvalue weighted by Crippen LogP contribution is 2.19. The van der Waals surface area contributed by atoms with Crippen molar-refractivity contribution < 1.29 is 9.52 Å². The van der Waals surface area contributed by atoms with Gasteiger partial charge >= 0.3 is 0 Å². The first-order chi connectivity index (χ1) is 6.75. The highest BCUT2D eigenvalue weighted by atomic mass is 16.3. The van der Waals surface area contributed by atoms with Crippen LogP contribution >= 0.6 is 0 Å². The van der Waals surface area contributed by atoms with Gasteiger partial charge in [0.2, 0.25) is 0 Å². The molecule has 1 heterocycles. The number of furan rings is 1. The minimum atomic E-state index is -0.175. The van der Waals surface area contributed by atoms with Gasteiger partial charge in [-0.3, -0.25) is 0 Å². The molecule has 0 aromatic carbocycles. The molecule has 2 N–H and O–H groups in total. The quantitative estimate of drug-likeness (QED) is 0.770. The fourth-order valence-electron chi connectivity index (χ4n) is 1.99. The lowest BCUT2D eigenvalue weighted by Crippen LogP contribution is -2.34. The van der Waals surface area contributed by atoms with Crippen molar-refractivity contribution in [2.24, 2.45) is 0 Å². The number of nitrogens with one attached hydrogen (secondary N) is 1. The average molecular weight is 195 g/mol. The van der Waals surface area contributed by atoms with Crippen molar-refractivity contribution in [1.29, 1.82) is 0 Å². The molecule has 2 atom stereocenters. The van der Waals surface area contributed by atoms with Crippen LogP contribution in [0.5, 0.6) is 0 Å². The molecule has 1 aromatic heterocycles. The van der Waals surface area contributed by atoms with Gasteiger partial charge in [0, 0.05) is 6.04 Å². The fraction of sp³-hybridized carbons (Fsp3) is 0.636. The molecule has 1 fully saturated rings. The van der Waals surface area contributed by atoms with E-state index in [0.717, 1.165) is 37.3 Å². The van der Waals surface area contributed by atoms with Gasteiger partial charge in [-0.05, 0) is 38.3 Å². The van der Waals surface area contributed by atoms with Gasteiger partial charge < -0.3 is 14.8 Å². The lowest BCUT2D eigenvalue weighted by Gasteiger charge is -2.15. The SMILES string of the molecule is Cc1ccc(CN[C@H]2CCC[C@@H]2O)o1. The topological polar surface area (TPSA) is 45.4 Å². The Hall–Kier alpha value is -0.800. The van der Waals surface area contributed by atoms with Gasteiger partial charge in [-0.15, -0.1) is 0 Å². The van der Waals surface area contributed by atoms with E-state index in [0.29, 0.717) is 0 Å². The Morgan fingerprint density at radius 3 is 2.93 bits per heavy atom. The Balaban J connectivity index is 1.82. The number of aliphatic hydroxyl groups is 1. The van der Waals surface area contributed by atoms with E-state index in [-0.39, 0.29) is 12.1 Å². The van der Waals surface area contributed by atoms with Gasteiger partial charge in [-0.1, -0.05) is 0 Å². The summed E-state index contributed by atoms with van der Waals surface area (Å²) in [5.41, 5.74) is 0. The summed E-state index contributed by atoms with van der Waals surface area (Å²) < 4.78 is 5.43. The summed E-state index contributed by atoms with van der Waals surface area (Å²) in [4.78, 5) is 0. The Kier molecular flexibility index (Phi) is 2.89. The molecule has 0 radical (unpaired) electrons. The molecule has 0 amide bonds. The number of rotatable bonds is 3. The van der Waals surface area contributed by atoms with E-state index in [2.05, 4.69) is 5.32 Å². The molecule has 14 heavy (non-hydrogen) atoms. The maximum atomic E-state index is 9.58. The summed E-state index contributed by atoms with van der Waals surface area (Å²) in [5, 5.41) is 12.9. The Morgan fingerprint density at radius 2 is 2.36 bits per heavy atom. The number of aryl methyl sites for hydroxylation is 1. The lowest BCUT2D eigenvalue weighted by atomic mass is 10.2. The van der Waals surface area contributed by atoms with Crippen molar-refractivity contribution in [3.05, 3.63) is 23.7 Å². The van der Waals surface area contributed by atoms with Gasteiger partial charge in [-0.25, -0.2) is 0 Å². The summed E-state index contributed by atoms with van der Waals surface area (Å²) in [6.07, 6.45) is 2.94. The molecule has 78 valence electrons. The van der Waals surface area contributed by atoms with Crippen molar-refractivity contribution in [2.75, 3.05) is 0 Å². The van der Waals surface area contributed by atoms with Crippen LogP contribution in [0.1, 0.15) is 30.8 Å². The highest BCUT2D eigenvalue weighted by molar-refractivity contribution is 5.05. The molecule has 0 bridgehead atoms. The maximum absolute atomic E-state index is 9.58. The minimum Gasteiger partial charge on any atom is -0.465 e. The predicted molar refractivity (Wildman–Crippen MR) is 53.9 cm³/mol. The zero-order chi connectivity index (χ0) is 9.97. The normalized spacial score (nSPS) is 27.0. The van der Waals surface area contributed by atoms with Crippen LogP contribution in [0.3, 0.4) is 0 Å². The van der Waals surface area contributed by atoms with E-state index in [1.165, 1.54) is 0 Å². The van der Waals surface area contributed by atoms with Crippen molar-refractivity contribution in [1.82, 2.24) is 5.32 Å². The fourth-order valence-corrected chi connectivity index (χ4v) is 1.99. The minimum absolute atomic E-state index is 0.175. The Morgan fingerprint density at radius 1 is 1.50 bits per heavy atom. The molecule has 1 saturated carbocycles. The Labute approximate surface area is 84.1 Å². The standard InChI is InChI=1S/C11H17NO2/c1-8-5-6-9(14-8)7-12-10-3-2-4-11(10)13/h5-6,10-13H,2-4,7H2,1H3/t10-,11-/m0/s1. The molecule has 1 aliphatic rings. The first-order valence-corrected chi connectivity index (χ1v) is 5.22. The second-order valence-electron chi connectivity index (χ2n) is 4.00. The largest absolute Gasteiger partial charge is 0.465 e. The highest BCUT2D eigenvalue weighted by Gasteiger charge is 2.24. The zero-order valence-corrected chi connectivity index (χ0v) is 8.49. The first-order valence-electron chi connectivity index (χ1n) is 5.22. The molecule has 1 aliphatic carbocycles. The van der Waals surface area contributed by atoms with E-state index < -0.39 is 0 Å². The van der Waals surface area contributed by atoms with Crippen molar-refractivity contribution in [3.8, 4) is 0 Å². The van der Waals surface area contributed by atoms with Crippen LogP contribution in [0.4, 0.5) is 0 Å². The van der Waals surface area contributed by atoms with Crippen molar-refractivity contribution in [3.63, 3.8) is 0 Å². The van der Waals surface area contributed by atoms with Crippen LogP contribution in [-0.4, -0.2) is 17.3 Å². The monoisotopic (exact) mass is 195 g/mol. The van der Waals surface area contributed by atoms with E-state index in [9.17, 15) is 5.11 Å². The van der Waals surface area contributed by atoms with Gasteiger partial charge in [0.25, 0.3) is 0 Å². The lowest BCUT2D eigenvalue weighted by molar-refractivity contribution is 0.147. The van der Waals surface area contributed by atoms with Gasteiger partial charge in [0.15, 0.2) is 0 Å². The molecule has 0 spiro atoms. The second-order valence-corrected chi connectivity index (χ2v) is 4.00. The van der Waals surface area contributed by atoms with Gasteiger partial charge in [0.05, 0.1) is 12.6 Å². The maximum Gasteiger partial charge on any atom is 0.117 e. The van der Waals surface area contributed by atoms with E-state index >= 15 is 0 Å². The third kappa shape index (κ3) is 2.16. The molecule has 0 saturated heterocycles. The number of hydrogen-bond donors (Lipinski definition) is 2. The van der Waals surface area contributed by atoms with Crippen LogP contribution in [0.25, 0.3) is 0 Å². The number of hydrogen-bond acceptors (Lipinski definition) is 3.